The molecule has 2 saturated heterocycles. The number of aryl methyl sites for hydroxylation is 1. The summed E-state index contributed by atoms with van der Waals surface area (Å²) in [7, 11) is 0. The molecule has 9 nitrogen and oxygen atoms in total. The van der Waals surface area contributed by atoms with Gasteiger partial charge in [-0.1, -0.05) is 6.92 Å². The van der Waals surface area contributed by atoms with E-state index in [0.29, 0.717) is 31.5 Å². The quantitative estimate of drug-likeness (QED) is 0.660. The number of nitrogens with zero attached hydrogens (tertiary/aromatic N) is 4. The van der Waals surface area contributed by atoms with Crippen LogP contribution in [0.15, 0.2) is 23.8 Å². The third kappa shape index (κ3) is 3.54. The molecule has 0 saturated carbocycles. The zero-order valence-electron chi connectivity index (χ0n) is 16.8. The number of aromatic nitrogens is 2. The monoisotopic (exact) mass is 400 g/mol. The van der Waals surface area contributed by atoms with Gasteiger partial charge in [0.25, 0.3) is 5.91 Å². The average Bonchev–Trinajstić information content (AvgIpc) is 3.46. The van der Waals surface area contributed by atoms with Crippen molar-refractivity contribution in [2.75, 3.05) is 6.54 Å². The molecule has 0 radical (unpaired) electrons. The Morgan fingerprint density at radius 3 is 2.90 bits per heavy atom. The van der Waals surface area contributed by atoms with Gasteiger partial charge in [-0.2, -0.15) is 5.10 Å². The molecule has 29 heavy (non-hydrogen) atoms. The summed E-state index contributed by atoms with van der Waals surface area (Å²) in [6.45, 7) is 3.44. The first-order chi connectivity index (χ1) is 14.0. The second-order valence-corrected chi connectivity index (χ2v) is 8.18. The number of hydrogen-bond donors (Lipinski definition) is 2. The van der Waals surface area contributed by atoms with Crippen molar-refractivity contribution >= 4 is 23.4 Å². The van der Waals surface area contributed by atoms with Gasteiger partial charge in [0.15, 0.2) is 0 Å². The molecule has 2 bridgehead atoms. The molecule has 1 aromatic heterocycles. The lowest BCUT2D eigenvalue weighted by Gasteiger charge is -2.35. The van der Waals surface area contributed by atoms with Gasteiger partial charge in [0.2, 0.25) is 11.8 Å². The van der Waals surface area contributed by atoms with E-state index in [4.69, 9.17) is 0 Å². The summed E-state index contributed by atoms with van der Waals surface area (Å²) < 4.78 is 1.99. The fourth-order valence-electron chi connectivity index (χ4n) is 5.11. The van der Waals surface area contributed by atoms with Crippen molar-refractivity contribution in [2.24, 2.45) is 10.5 Å². The molecule has 0 unspecified atom stereocenters. The number of hydrogen-bond acceptors (Lipinski definition) is 5. The number of hydrazone groups is 1. The molecule has 0 aromatic carbocycles. The van der Waals surface area contributed by atoms with E-state index in [-0.39, 0.29) is 36.2 Å². The second kappa shape index (κ2) is 7.96. The van der Waals surface area contributed by atoms with E-state index in [1.165, 1.54) is 0 Å². The van der Waals surface area contributed by atoms with Gasteiger partial charge < -0.3 is 14.8 Å². The molecule has 3 amide bonds. The van der Waals surface area contributed by atoms with Crippen LogP contribution in [0.1, 0.15) is 51.9 Å². The average molecular weight is 400 g/mol. The van der Waals surface area contributed by atoms with E-state index >= 15 is 0 Å². The van der Waals surface area contributed by atoms with E-state index in [0.717, 1.165) is 25.8 Å². The van der Waals surface area contributed by atoms with E-state index in [2.05, 4.69) is 20.8 Å². The molecule has 4 heterocycles. The maximum atomic E-state index is 13.2. The lowest BCUT2D eigenvalue weighted by molar-refractivity contribution is -0.134. The fraction of sp³-hybridized carbons (Fsp3) is 0.650. The molecule has 3 aliphatic rings. The third-order valence-corrected chi connectivity index (χ3v) is 6.65. The van der Waals surface area contributed by atoms with Crippen LogP contribution < -0.4 is 10.7 Å². The summed E-state index contributed by atoms with van der Waals surface area (Å²) in [5.41, 5.74) is 2.27. The van der Waals surface area contributed by atoms with Gasteiger partial charge in [0, 0.05) is 50.4 Å². The van der Waals surface area contributed by atoms with Crippen molar-refractivity contribution in [1.82, 2.24) is 25.2 Å². The SMILES string of the molecule is CC[C@]1(C(=O)NCCCn2ccnc2)C[C@H]2CC[C@@H]1N2C(=O)C1=NNC(=O)CC1. The minimum atomic E-state index is -0.536. The summed E-state index contributed by atoms with van der Waals surface area (Å²) in [6.07, 6.45) is 10.1. The Bertz CT molecular complexity index is 820. The second-order valence-electron chi connectivity index (χ2n) is 8.18. The van der Waals surface area contributed by atoms with E-state index in [1.54, 1.807) is 12.5 Å². The summed E-state index contributed by atoms with van der Waals surface area (Å²) in [5, 5.41) is 7.08. The number of amides is 3. The number of fused-ring (bicyclic) bond motifs is 2. The first-order valence-electron chi connectivity index (χ1n) is 10.5. The lowest BCUT2D eigenvalue weighted by atomic mass is 9.71. The van der Waals surface area contributed by atoms with Crippen LogP contribution in [-0.4, -0.2) is 56.5 Å². The topological polar surface area (TPSA) is 109 Å². The Morgan fingerprint density at radius 2 is 2.21 bits per heavy atom. The Kier molecular flexibility index (Phi) is 5.38. The normalized spacial score (nSPS) is 28.2. The van der Waals surface area contributed by atoms with Crippen molar-refractivity contribution in [3.05, 3.63) is 18.7 Å². The zero-order valence-corrected chi connectivity index (χ0v) is 16.8. The molecular weight excluding hydrogens is 372 g/mol. The smallest absolute Gasteiger partial charge is 0.270 e. The largest absolute Gasteiger partial charge is 0.355 e. The summed E-state index contributed by atoms with van der Waals surface area (Å²) in [5.74, 6) is -0.237. The lowest BCUT2D eigenvalue weighted by Crippen LogP contribution is -2.51. The van der Waals surface area contributed by atoms with Gasteiger partial charge in [0.1, 0.15) is 5.71 Å². The third-order valence-electron chi connectivity index (χ3n) is 6.65. The van der Waals surface area contributed by atoms with Crippen LogP contribution in [0.2, 0.25) is 0 Å². The predicted molar refractivity (Wildman–Crippen MR) is 106 cm³/mol. The van der Waals surface area contributed by atoms with Crippen molar-refractivity contribution in [2.45, 2.75) is 70.5 Å². The highest BCUT2D eigenvalue weighted by Gasteiger charge is 2.60. The highest BCUT2D eigenvalue weighted by molar-refractivity contribution is 6.39. The fourth-order valence-corrected chi connectivity index (χ4v) is 5.11. The number of nitrogens with one attached hydrogen (secondary N) is 2. The molecule has 0 aliphatic carbocycles. The van der Waals surface area contributed by atoms with Gasteiger partial charge in [-0.3, -0.25) is 14.4 Å². The molecule has 2 N–H and O–H groups in total. The minimum absolute atomic E-state index is 0.0505. The van der Waals surface area contributed by atoms with E-state index in [1.807, 2.05) is 22.6 Å². The molecular formula is C20H28N6O3. The summed E-state index contributed by atoms with van der Waals surface area (Å²) in [6, 6.07) is -0.0246. The first kappa shape index (κ1) is 19.6. The molecule has 0 spiro atoms. The van der Waals surface area contributed by atoms with Crippen LogP contribution in [-0.2, 0) is 20.9 Å². The number of carbonyl (C=O) groups excluding carboxylic acids is 3. The molecule has 156 valence electrons. The molecule has 3 atom stereocenters. The first-order valence-corrected chi connectivity index (χ1v) is 10.5. The highest BCUT2D eigenvalue weighted by atomic mass is 16.2. The standard InChI is InChI=1S/C20H28N6O3/c1-2-20(19(29)22-8-3-10-25-11-9-21-13-25)12-14-4-6-16(20)26(14)18(28)15-5-7-17(27)24-23-15/h9,11,13-14,16H,2-8,10,12H2,1H3,(H,22,29)(H,24,27)/t14-,16+,20+/m1/s1. The number of rotatable bonds is 7. The Hall–Kier alpha value is -2.71. The zero-order chi connectivity index (χ0) is 20.4. The Balaban J connectivity index is 1.40. The molecule has 3 aliphatic heterocycles. The van der Waals surface area contributed by atoms with Crippen molar-refractivity contribution in [3.63, 3.8) is 0 Å². The van der Waals surface area contributed by atoms with Crippen LogP contribution in [0.3, 0.4) is 0 Å². The van der Waals surface area contributed by atoms with Gasteiger partial charge in [0.05, 0.1) is 11.7 Å². The number of imidazole rings is 1. The van der Waals surface area contributed by atoms with Crippen LogP contribution in [0.5, 0.6) is 0 Å². The molecule has 1 aromatic rings. The highest BCUT2D eigenvalue weighted by Crippen LogP contribution is 2.52. The van der Waals surface area contributed by atoms with Crippen molar-refractivity contribution in [3.8, 4) is 0 Å². The van der Waals surface area contributed by atoms with Crippen molar-refractivity contribution in [1.29, 1.82) is 0 Å². The minimum Gasteiger partial charge on any atom is -0.355 e. The Labute approximate surface area is 169 Å². The van der Waals surface area contributed by atoms with Gasteiger partial charge in [-0.15, -0.1) is 0 Å². The predicted octanol–water partition coefficient (Wildman–Crippen LogP) is 0.815. The van der Waals surface area contributed by atoms with Crippen LogP contribution in [0.25, 0.3) is 0 Å². The molecule has 9 heteroatoms. The van der Waals surface area contributed by atoms with E-state index in [9.17, 15) is 14.4 Å². The summed E-state index contributed by atoms with van der Waals surface area (Å²) >= 11 is 0. The van der Waals surface area contributed by atoms with Crippen LogP contribution in [0.4, 0.5) is 0 Å². The molecule has 4 rings (SSSR count). The van der Waals surface area contributed by atoms with Gasteiger partial charge in [-0.25, -0.2) is 10.4 Å². The van der Waals surface area contributed by atoms with Gasteiger partial charge in [-0.05, 0) is 32.1 Å². The van der Waals surface area contributed by atoms with Crippen LogP contribution in [0, 0.1) is 5.41 Å². The maximum absolute atomic E-state index is 13.2. The molecule has 2 fully saturated rings. The summed E-state index contributed by atoms with van der Waals surface area (Å²) in [4.78, 5) is 43.5. The van der Waals surface area contributed by atoms with E-state index < -0.39 is 5.41 Å². The maximum Gasteiger partial charge on any atom is 0.270 e. The number of carbonyl (C=O) groups is 3. The van der Waals surface area contributed by atoms with Crippen LogP contribution >= 0.6 is 0 Å². The van der Waals surface area contributed by atoms with Crippen molar-refractivity contribution < 1.29 is 14.4 Å². The Morgan fingerprint density at radius 1 is 1.34 bits per heavy atom. The van der Waals surface area contributed by atoms with Gasteiger partial charge >= 0.3 is 0 Å².